The molecule has 314 valence electrons. The molecule has 0 bridgehead atoms. The van der Waals surface area contributed by atoms with Gasteiger partial charge in [-0.25, -0.2) is 0 Å². The third kappa shape index (κ3) is 5.75. The SMILES string of the molecule is c1ccc(C2(c3ccccc3)c3ccccc3-c3ccc(N(c4ccc(-c5cccc6c5-c5ccccc5C6(c5ccccc5)c5ccccc5)cc4)c4cccc5ccccc45)cc32)cc1. The van der Waals surface area contributed by atoms with Crippen LogP contribution in [-0.4, -0.2) is 0 Å². The first-order valence-corrected chi connectivity index (χ1v) is 23.3. The molecule has 1 nitrogen and oxygen atoms in total. The predicted octanol–water partition coefficient (Wildman–Crippen LogP) is 16.7. The zero-order valence-corrected chi connectivity index (χ0v) is 36.9. The molecular formula is C66H45N. The van der Waals surface area contributed by atoms with E-state index in [9.17, 15) is 0 Å². The Morgan fingerprint density at radius 3 is 1.33 bits per heavy atom. The molecule has 0 amide bonds. The Bertz CT molecular complexity index is 3530. The number of benzene rings is 11. The molecule has 0 saturated heterocycles. The maximum absolute atomic E-state index is 2.47. The molecule has 0 radical (unpaired) electrons. The van der Waals surface area contributed by atoms with E-state index in [-0.39, 0.29) is 0 Å². The predicted molar refractivity (Wildman–Crippen MR) is 279 cm³/mol. The minimum Gasteiger partial charge on any atom is -0.310 e. The highest BCUT2D eigenvalue weighted by atomic mass is 15.1. The molecule has 0 unspecified atom stereocenters. The second-order valence-corrected chi connectivity index (χ2v) is 17.9. The number of fused-ring (bicyclic) bond motifs is 7. The van der Waals surface area contributed by atoms with Crippen molar-refractivity contribution < 1.29 is 0 Å². The van der Waals surface area contributed by atoms with Crippen molar-refractivity contribution in [2.24, 2.45) is 0 Å². The van der Waals surface area contributed by atoms with Crippen molar-refractivity contribution in [2.75, 3.05) is 4.90 Å². The summed E-state index contributed by atoms with van der Waals surface area (Å²) in [5.41, 5.74) is 20.1. The molecule has 67 heavy (non-hydrogen) atoms. The molecule has 11 aromatic rings. The van der Waals surface area contributed by atoms with Gasteiger partial charge in [0.15, 0.2) is 0 Å². The van der Waals surface area contributed by atoms with Gasteiger partial charge >= 0.3 is 0 Å². The summed E-state index contributed by atoms with van der Waals surface area (Å²) in [5.74, 6) is 0. The lowest BCUT2D eigenvalue weighted by Gasteiger charge is -2.35. The van der Waals surface area contributed by atoms with E-state index in [1.807, 2.05) is 0 Å². The number of rotatable bonds is 8. The number of hydrogen-bond acceptors (Lipinski definition) is 1. The van der Waals surface area contributed by atoms with E-state index >= 15 is 0 Å². The van der Waals surface area contributed by atoms with Gasteiger partial charge in [-0.1, -0.05) is 243 Å². The summed E-state index contributed by atoms with van der Waals surface area (Å²) in [4.78, 5) is 2.47. The monoisotopic (exact) mass is 851 g/mol. The molecule has 0 saturated carbocycles. The molecule has 13 rings (SSSR count). The third-order valence-corrected chi connectivity index (χ3v) is 14.6. The fourth-order valence-corrected chi connectivity index (χ4v) is 11.9. The van der Waals surface area contributed by atoms with Gasteiger partial charge in [0.05, 0.1) is 16.5 Å². The van der Waals surface area contributed by atoms with Crippen LogP contribution in [0.3, 0.4) is 0 Å². The zero-order chi connectivity index (χ0) is 44.4. The van der Waals surface area contributed by atoms with Gasteiger partial charge in [-0.2, -0.15) is 0 Å². The van der Waals surface area contributed by atoms with Crippen molar-refractivity contribution >= 4 is 27.8 Å². The highest BCUT2D eigenvalue weighted by Crippen LogP contribution is 2.60. The lowest BCUT2D eigenvalue weighted by Crippen LogP contribution is -2.28. The van der Waals surface area contributed by atoms with Crippen LogP contribution in [0.2, 0.25) is 0 Å². The minimum atomic E-state index is -0.516. The number of hydrogen-bond donors (Lipinski definition) is 0. The van der Waals surface area contributed by atoms with Crippen LogP contribution in [0.15, 0.2) is 273 Å². The van der Waals surface area contributed by atoms with Gasteiger partial charge in [0.1, 0.15) is 0 Å². The average molecular weight is 852 g/mol. The molecule has 0 heterocycles. The van der Waals surface area contributed by atoms with Crippen LogP contribution in [-0.2, 0) is 10.8 Å². The largest absolute Gasteiger partial charge is 0.310 e. The highest BCUT2D eigenvalue weighted by molar-refractivity contribution is 6.01. The van der Waals surface area contributed by atoms with E-state index in [4.69, 9.17) is 0 Å². The van der Waals surface area contributed by atoms with Crippen LogP contribution >= 0.6 is 0 Å². The van der Waals surface area contributed by atoms with Gasteiger partial charge in [-0.3, -0.25) is 0 Å². The van der Waals surface area contributed by atoms with Crippen molar-refractivity contribution in [3.8, 4) is 33.4 Å². The fraction of sp³-hybridized carbons (Fsp3) is 0.0303. The topological polar surface area (TPSA) is 3.24 Å². The van der Waals surface area contributed by atoms with Crippen LogP contribution in [0.25, 0.3) is 44.2 Å². The van der Waals surface area contributed by atoms with Crippen LogP contribution in [0.1, 0.15) is 44.5 Å². The molecule has 0 spiro atoms. The average Bonchev–Trinajstić information content (AvgIpc) is 3.88. The van der Waals surface area contributed by atoms with Crippen LogP contribution in [0, 0.1) is 0 Å². The number of nitrogens with zero attached hydrogens (tertiary/aromatic N) is 1. The number of anilines is 3. The van der Waals surface area contributed by atoms with E-state index < -0.39 is 10.8 Å². The zero-order valence-electron chi connectivity index (χ0n) is 36.9. The Hall–Kier alpha value is -8.52. The Labute approximate surface area is 392 Å². The third-order valence-electron chi connectivity index (χ3n) is 14.6. The van der Waals surface area contributed by atoms with Gasteiger partial charge in [0, 0.05) is 16.8 Å². The Kier molecular flexibility index (Phi) is 9.05. The molecule has 2 aliphatic carbocycles. The smallest absolute Gasteiger partial charge is 0.0714 e. The van der Waals surface area contributed by atoms with E-state index in [1.165, 1.54) is 88.7 Å². The summed E-state index contributed by atoms with van der Waals surface area (Å²) in [5, 5.41) is 2.41. The van der Waals surface area contributed by atoms with E-state index in [0.29, 0.717) is 0 Å². The lowest BCUT2D eigenvalue weighted by atomic mass is 9.67. The van der Waals surface area contributed by atoms with Crippen molar-refractivity contribution in [1.82, 2.24) is 0 Å². The van der Waals surface area contributed by atoms with Crippen molar-refractivity contribution in [2.45, 2.75) is 10.8 Å². The minimum absolute atomic E-state index is 0.461. The van der Waals surface area contributed by atoms with Gasteiger partial charge < -0.3 is 4.90 Å². The lowest BCUT2D eigenvalue weighted by molar-refractivity contribution is 0.768. The first-order valence-electron chi connectivity index (χ1n) is 23.3. The summed E-state index contributed by atoms with van der Waals surface area (Å²) in [6, 6.07) is 101. The first kappa shape index (κ1) is 38.9. The summed E-state index contributed by atoms with van der Waals surface area (Å²) < 4.78 is 0. The standard InChI is InChI=1S/C66H45N/c1-5-23-48(24-6-1)65(49-25-7-2-8-26-49)60-36-18-16-33-58(60)64-55(34-20-37-61(64)65)47-39-41-52(42-40-47)67(63-38-19-22-46-21-13-14-31-54(46)63)53-43-44-57-56-32-15-17-35-59(56)66(62(57)45-53,50-27-9-3-10-28-50)51-29-11-4-12-30-51/h1-45H. The highest BCUT2D eigenvalue weighted by Gasteiger charge is 2.48. The summed E-state index contributed by atoms with van der Waals surface area (Å²) in [7, 11) is 0. The van der Waals surface area contributed by atoms with Crippen LogP contribution in [0.4, 0.5) is 17.1 Å². The fourth-order valence-electron chi connectivity index (χ4n) is 11.9. The second kappa shape index (κ2) is 15.6. The summed E-state index contributed by atoms with van der Waals surface area (Å²) in [6.45, 7) is 0. The van der Waals surface area contributed by atoms with Crippen LogP contribution in [0.5, 0.6) is 0 Å². The molecule has 0 atom stereocenters. The van der Waals surface area contributed by atoms with Gasteiger partial charge in [0.25, 0.3) is 0 Å². The Balaban J connectivity index is 1.01. The molecule has 0 N–H and O–H groups in total. The van der Waals surface area contributed by atoms with Crippen molar-refractivity contribution in [3.63, 3.8) is 0 Å². The van der Waals surface area contributed by atoms with E-state index in [1.54, 1.807) is 0 Å². The molecule has 1 heteroatoms. The molecular weight excluding hydrogens is 807 g/mol. The first-order chi connectivity index (χ1) is 33.3. The van der Waals surface area contributed by atoms with Crippen molar-refractivity contribution in [1.29, 1.82) is 0 Å². The maximum atomic E-state index is 2.47. The van der Waals surface area contributed by atoms with Crippen molar-refractivity contribution in [3.05, 3.63) is 317 Å². The summed E-state index contributed by atoms with van der Waals surface area (Å²) >= 11 is 0. The van der Waals surface area contributed by atoms with E-state index in [0.717, 1.165) is 17.1 Å². The second-order valence-electron chi connectivity index (χ2n) is 17.9. The Morgan fingerprint density at radius 2 is 0.701 bits per heavy atom. The quantitative estimate of drug-likeness (QED) is 0.147. The van der Waals surface area contributed by atoms with Crippen LogP contribution < -0.4 is 4.90 Å². The van der Waals surface area contributed by atoms with Gasteiger partial charge in [-0.15, -0.1) is 0 Å². The summed E-state index contributed by atoms with van der Waals surface area (Å²) in [6.07, 6.45) is 0. The molecule has 0 fully saturated rings. The maximum Gasteiger partial charge on any atom is 0.0714 e. The van der Waals surface area contributed by atoms with Gasteiger partial charge in [0.2, 0.25) is 0 Å². The normalized spacial score (nSPS) is 13.6. The van der Waals surface area contributed by atoms with Gasteiger partial charge in [-0.05, 0) is 114 Å². The Morgan fingerprint density at radius 1 is 0.269 bits per heavy atom. The molecule has 0 aromatic heterocycles. The molecule has 0 aliphatic heterocycles. The van der Waals surface area contributed by atoms with E-state index in [2.05, 4.69) is 278 Å². The molecule has 2 aliphatic rings. The molecule has 11 aromatic carbocycles.